The molecule has 0 saturated heterocycles. The van der Waals surface area contributed by atoms with Crippen LogP contribution in [0.4, 0.5) is 11.4 Å². The summed E-state index contributed by atoms with van der Waals surface area (Å²) in [7, 11) is -0.911. The van der Waals surface area contributed by atoms with Crippen molar-refractivity contribution in [2.45, 2.75) is 0 Å². The summed E-state index contributed by atoms with van der Waals surface area (Å²) >= 11 is 0. The molecular weight excluding hydrogens is 249 g/mol. The fourth-order valence-electron chi connectivity index (χ4n) is 0.965. The maximum Gasteiger partial charge on any atom is 0.422 e. The highest BCUT2D eigenvalue weighted by Gasteiger charge is 2.20. The summed E-state index contributed by atoms with van der Waals surface area (Å²) in [5.74, 6) is 0. The van der Waals surface area contributed by atoms with Gasteiger partial charge in [0.25, 0.3) is 5.69 Å². The van der Waals surface area contributed by atoms with E-state index in [0.29, 0.717) is 5.69 Å². The Morgan fingerprint density at radius 2 is 1.76 bits per heavy atom. The van der Waals surface area contributed by atoms with E-state index < -0.39 is 12.7 Å². The van der Waals surface area contributed by atoms with Gasteiger partial charge < -0.3 is 5.43 Å². The van der Waals surface area contributed by atoms with Crippen LogP contribution in [0.25, 0.3) is 0 Å². The Hall–Kier alpha value is -1.47. The van der Waals surface area contributed by atoms with Gasteiger partial charge in [0.2, 0.25) is 0 Å². The van der Waals surface area contributed by atoms with Crippen molar-refractivity contribution in [3.05, 3.63) is 34.4 Å². The van der Waals surface area contributed by atoms with Gasteiger partial charge in [0, 0.05) is 32.0 Å². The Bertz CT molecular complexity index is 427. The summed E-state index contributed by atoms with van der Waals surface area (Å²) in [6.07, 6.45) is 0. The van der Waals surface area contributed by atoms with Crippen LogP contribution in [-0.2, 0) is 13.6 Å². The molecule has 0 unspecified atom stereocenters. The lowest BCUT2D eigenvalue weighted by molar-refractivity contribution is -0.384. The van der Waals surface area contributed by atoms with Crippen LogP contribution < -0.4 is 10.6 Å². The molecule has 94 valence electrons. The minimum Gasteiger partial charge on any atom is -0.312 e. The number of hydrogen-bond donors (Lipinski definition) is 2. The maximum atomic E-state index is 11.6. The quantitative estimate of drug-likeness (QED) is 0.458. The standard InChI is InChI=1S/C8H12N3O5P/c1-15-17(14,16-2)10-9-7-3-5-8(6-4-7)11(12)13/h3-6,9H,1-2H3,(H,10,14). The topological polar surface area (TPSA) is 103 Å². The molecule has 0 aliphatic heterocycles. The van der Waals surface area contributed by atoms with E-state index in [9.17, 15) is 14.7 Å². The molecule has 0 radical (unpaired) electrons. The van der Waals surface area contributed by atoms with E-state index in [1.807, 2.05) is 0 Å². The maximum absolute atomic E-state index is 11.6. The summed E-state index contributed by atoms with van der Waals surface area (Å²) in [6, 6.07) is 5.55. The van der Waals surface area contributed by atoms with Crippen molar-refractivity contribution in [3.63, 3.8) is 0 Å². The largest absolute Gasteiger partial charge is 0.422 e. The van der Waals surface area contributed by atoms with E-state index in [-0.39, 0.29) is 5.69 Å². The minimum absolute atomic E-state index is 0.0304. The second kappa shape index (κ2) is 5.74. The third-order valence-electron chi connectivity index (χ3n) is 1.90. The normalized spacial score (nSPS) is 11.2. The molecule has 0 aliphatic carbocycles. The predicted octanol–water partition coefficient (Wildman–Crippen LogP) is 1.91. The molecule has 2 N–H and O–H groups in total. The van der Waals surface area contributed by atoms with Crippen LogP contribution in [-0.4, -0.2) is 19.1 Å². The number of hydrazine groups is 1. The van der Waals surface area contributed by atoms with Crippen molar-refractivity contribution in [2.75, 3.05) is 19.6 Å². The van der Waals surface area contributed by atoms with E-state index in [2.05, 4.69) is 19.7 Å². The SMILES string of the molecule is COP(=O)(NNc1ccc([N+](=O)[O-])cc1)OC. The van der Waals surface area contributed by atoms with Crippen molar-refractivity contribution in [1.29, 1.82) is 0 Å². The summed E-state index contributed by atoms with van der Waals surface area (Å²) in [4.78, 5) is 9.90. The molecule has 8 nitrogen and oxygen atoms in total. The molecular formula is C8H12N3O5P. The second-order valence-electron chi connectivity index (χ2n) is 2.90. The van der Waals surface area contributed by atoms with Crippen molar-refractivity contribution < 1.29 is 18.5 Å². The van der Waals surface area contributed by atoms with Crippen LogP contribution >= 0.6 is 7.75 Å². The van der Waals surface area contributed by atoms with Crippen LogP contribution in [0.1, 0.15) is 0 Å². The van der Waals surface area contributed by atoms with E-state index in [1.54, 1.807) is 0 Å². The van der Waals surface area contributed by atoms with Crippen LogP contribution in [0.3, 0.4) is 0 Å². The predicted molar refractivity (Wildman–Crippen MR) is 61.5 cm³/mol. The number of nitrogens with zero attached hydrogens (tertiary/aromatic N) is 1. The van der Waals surface area contributed by atoms with E-state index in [4.69, 9.17) is 0 Å². The molecule has 0 bridgehead atoms. The third kappa shape index (κ3) is 3.79. The molecule has 1 aromatic carbocycles. The van der Waals surface area contributed by atoms with Gasteiger partial charge in [0.05, 0.1) is 4.92 Å². The number of non-ortho nitro benzene ring substituents is 1. The van der Waals surface area contributed by atoms with Gasteiger partial charge in [-0.05, 0) is 12.1 Å². The number of rotatable bonds is 6. The zero-order valence-electron chi connectivity index (χ0n) is 9.25. The van der Waals surface area contributed by atoms with Crippen LogP contribution in [0.5, 0.6) is 0 Å². The smallest absolute Gasteiger partial charge is 0.312 e. The number of nitrogens with one attached hydrogen (secondary N) is 2. The van der Waals surface area contributed by atoms with Gasteiger partial charge in [0.1, 0.15) is 0 Å². The monoisotopic (exact) mass is 261 g/mol. The molecule has 1 aromatic rings. The summed E-state index contributed by atoms with van der Waals surface area (Å²) < 4.78 is 20.8. The average molecular weight is 261 g/mol. The van der Waals surface area contributed by atoms with Gasteiger partial charge in [0.15, 0.2) is 0 Å². The first kappa shape index (κ1) is 13.6. The van der Waals surface area contributed by atoms with Crippen molar-refractivity contribution in [3.8, 4) is 0 Å². The Kier molecular flexibility index (Phi) is 4.59. The van der Waals surface area contributed by atoms with Gasteiger partial charge in [-0.1, -0.05) is 0 Å². The molecule has 0 aromatic heterocycles. The van der Waals surface area contributed by atoms with Gasteiger partial charge in [-0.3, -0.25) is 19.2 Å². The second-order valence-corrected chi connectivity index (χ2v) is 4.85. The molecule has 0 spiro atoms. The molecule has 0 atom stereocenters. The molecule has 0 saturated carbocycles. The molecule has 1 rings (SSSR count). The van der Waals surface area contributed by atoms with Crippen LogP contribution in [0.2, 0.25) is 0 Å². The van der Waals surface area contributed by atoms with E-state index >= 15 is 0 Å². The Balaban J connectivity index is 2.64. The minimum atomic E-state index is -3.37. The van der Waals surface area contributed by atoms with Gasteiger partial charge >= 0.3 is 7.75 Å². The highest BCUT2D eigenvalue weighted by atomic mass is 31.2. The molecule has 0 aliphatic rings. The number of nitro benzene ring substituents is 1. The zero-order valence-corrected chi connectivity index (χ0v) is 10.1. The highest BCUT2D eigenvalue weighted by molar-refractivity contribution is 7.51. The van der Waals surface area contributed by atoms with E-state index in [1.165, 1.54) is 38.5 Å². The fourth-order valence-corrected chi connectivity index (χ4v) is 1.56. The number of nitro groups is 1. The summed E-state index contributed by atoms with van der Waals surface area (Å²) in [5, 5.41) is 12.8. The molecule has 17 heavy (non-hydrogen) atoms. The molecule has 0 amide bonds. The van der Waals surface area contributed by atoms with Crippen LogP contribution in [0.15, 0.2) is 24.3 Å². The zero-order chi connectivity index (χ0) is 12.9. The average Bonchev–Trinajstić information content (AvgIpc) is 2.36. The summed E-state index contributed by atoms with van der Waals surface area (Å²) in [6.45, 7) is 0. The number of benzene rings is 1. The fraction of sp³-hybridized carbons (Fsp3) is 0.250. The summed E-state index contributed by atoms with van der Waals surface area (Å²) in [5.41, 5.74) is 3.03. The van der Waals surface area contributed by atoms with Crippen LogP contribution in [0, 0.1) is 10.1 Å². The first-order valence-corrected chi connectivity index (χ1v) is 6.04. The lowest BCUT2D eigenvalue weighted by Crippen LogP contribution is -2.19. The van der Waals surface area contributed by atoms with E-state index in [0.717, 1.165) is 0 Å². The Morgan fingerprint density at radius 1 is 1.24 bits per heavy atom. The Morgan fingerprint density at radius 3 is 2.18 bits per heavy atom. The van der Waals surface area contributed by atoms with Gasteiger partial charge in [-0.25, -0.2) is 4.57 Å². The Labute approximate surface area is 97.6 Å². The first-order valence-electron chi connectivity index (χ1n) is 4.50. The lowest BCUT2D eigenvalue weighted by atomic mass is 10.3. The van der Waals surface area contributed by atoms with Gasteiger partial charge in [-0.2, -0.15) is 0 Å². The highest BCUT2D eigenvalue weighted by Crippen LogP contribution is 2.40. The number of hydrogen-bond acceptors (Lipinski definition) is 6. The lowest BCUT2D eigenvalue weighted by Gasteiger charge is -2.15. The van der Waals surface area contributed by atoms with Crippen molar-refractivity contribution in [1.82, 2.24) is 5.20 Å². The van der Waals surface area contributed by atoms with Gasteiger partial charge in [-0.15, -0.1) is 5.20 Å². The first-order chi connectivity index (χ1) is 8.00. The molecule has 0 heterocycles. The van der Waals surface area contributed by atoms with Crippen molar-refractivity contribution >= 4 is 19.1 Å². The number of anilines is 1. The molecule has 9 heteroatoms. The third-order valence-corrected chi connectivity index (χ3v) is 3.24. The molecule has 0 fully saturated rings. The van der Waals surface area contributed by atoms with Crippen molar-refractivity contribution in [2.24, 2.45) is 0 Å².